The minimum atomic E-state index is -1.22. The molecule has 1 aliphatic heterocycles. The first-order valence-electron chi connectivity index (χ1n) is 8.87. The Morgan fingerprint density at radius 2 is 2.15 bits per heavy atom. The minimum absolute atomic E-state index is 0. The zero-order chi connectivity index (χ0) is 19.0. The van der Waals surface area contributed by atoms with E-state index < -0.39 is 11.4 Å². The van der Waals surface area contributed by atoms with Gasteiger partial charge in [-0.25, -0.2) is 4.79 Å². The Morgan fingerprint density at radius 1 is 1.44 bits per heavy atom. The van der Waals surface area contributed by atoms with Crippen LogP contribution in [0.4, 0.5) is 5.69 Å². The van der Waals surface area contributed by atoms with Gasteiger partial charge < -0.3 is 25.0 Å². The number of aryl methyl sites for hydroxylation is 1. The van der Waals surface area contributed by atoms with Crippen LogP contribution in [0.1, 0.15) is 30.6 Å². The van der Waals surface area contributed by atoms with Gasteiger partial charge >= 0.3 is 5.97 Å². The molecule has 1 aromatic carbocycles. The summed E-state index contributed by atoms with van der Waals surface area (Å²) in [5.74, 6) is -0.205. The molecule has 0 radical (unpaired) electrons. The van der Waals surface area contributed by atoms with Crippen molar-refractivity contribution in [2.45, 2.75) is 32.9 Å². The van der Waals surface area contributed by atoms with Gasteiger partial charge in [0.2, 0.25) is 5.43 Å². The van der Waals surface area contributed by atoms with Crippen LogP contribution >= 0.6 is 12.4 Å². The maximum atomic E-state index is 12.6. The second-order valence-corrected chi connectivity index (χ2v) is 6.83. The number of fused-ring (bicyclic) bond motifs is 1. The van der Waals surface area contributed by atoms with Gasteiger partial charge in [0.25, 0.3) is 0 Å². The summed E-state index contributed by atoms with van der Waals surface area (Å²) in [4.78, 5) is 26.2. The van der Waals surface area contributed by atoms with Crippen LogP contribution in [-0.2, 0) is 6.54 Å². The summed E-state index contributed by atoms with van der Waals surface area (Å²) in [7, 11) is 1.58. The van der Waals surface area contributed by atoms with Gasteiger partial charge in [-0.2, -0.15) is 0 Å². The second-order valence-electron chi connectivity index (χ2n) is 6.83. The van der Waals surface area contributed by atoms with Gasteiger partial charge in [0, 0.05) is 31.9 Å². The lowest BCUT2D eigenvalue weighted by molar-refractivity contribution is 0.0695. The molecule has 1 aliphatic rings. The lowest BCUT2D eigenvalue weighted by Gasteiger charge is -2.24. The number of ether oxygens (including phenoxy) is 1. The molecule has 27 heavy (non-hydrogen) atoms. The van der Waals surface area contributed by atoms with Gasteiger partial charge in [-0.1, -0.05) is 0 Å². The molecule has 0 spiro atoms. The molecule has 0 aliphatic carbocycles. The highest BCUT2D eigenvalue weighted by Gasteiger charge is 2.28. The molecule has 7 nitrogen and oxygen atoms in total. The number of carboxylic acid groups (broad SMARTS) is 1. The number of benzene rings is 1. The van der Waals surface area contributed by atoms with Crippen LogP contribution in [-0.4, -0.2) is 41.9 Å². The third-order valence-electron chi connectivity index (χ3n) is 5.26. The molecule has 1 fully saturated rings. The quantitative estimate of drug-likeness (QED) is 0.806. The van der Waals surface area contributed by atoms with E-state index in [1.54, 1.807) is 17.7 Å². The van der Waals surface area contributed by atoms with E-state index in [0.717, 1.165) is 25.2 Å². The number of anilines is 1. The van der Waals surface area contributed by atoms with E-state index in [2.05, 4.69) is 4.90 Å². The largest absolute Gasteiger partial charge is 0.492 e. The van der Waals surface area contributed by atoms with Crippen LogP contribution in [0, 0.1) is 5.92 Å². The van der Waals surface area contributed by atoms with Crippen molar-refractivity contribution in [2.24, 2.45) is 11.7 Å². The average Bonchev–Trinajstić information content (AvgIpc) is 3.11. The lowest BCUT2D eigenvalue weighted by atomic mass is 10.0. The minimum Gasteiger partial charge on any atom is -0.492 e. The number of hydrogen-bond acceptors (Lipinski definition) is 5. The van der Waals surface area contributed by atoms with Crippen molar-refractivity contribution in [3.05, 3.63) is 34.1 Å². The van der Waals surface area contributed by atoms with E-state index >= 15 is 0 Å². The molecular weight excluding hydrogens is 370 g/mol. The number of rotatable bonds is 5. The van der Waals surface area contributed by atoms with E-state index in [1.807, 2.05) is 19.9 Å². The van der Waals surface area contributed by atoms with E-state index in [0.29, 0.717) is 29.1 Å². The van der Waals surface area contributed by atoms with Gasteiger partial charge in [-0.05, 0) is 38.3 Å². The Hall–Kier alpha value is -2.25. The van der Waals surface area contributed by atoms with Crippen LogP contribution in [0.25, 0.3) is 10.9 Å². The maximum absolute atomic E-state index is 12.6. The molecule has 2 aromatic rings. The number of halogens is 1. The number of methoxy groups -OCH3 is 1. The van der Waals surface area contributed by atoms with Crippen molar-refractivity contribution in [3.8, 4) is 5.75 Å². The van der Waals surface area contributed by atoms with Crippen molar-refractivity contribution in [2.75, 3.05) is 25.1 Å². The van der Waals surface area contributed by atoms with E-state index in [9.17, 15) is 14.7 Å². The molecule has 3 N–H and O–H groups in total. The first-order valence-corrected chi connectivity index (χ1v) is 8.87. The number of aromatic carboxylic acids is 1. The highest BCUT2D eigenvalue weighted by molar-refractivity contribution is 5.96. The molecule has 1 saturated heterocycles. The van der Waals surface area contributed by atoms with Crippen LogP contribution in [0.5, 0.6) is 5.75 Å². The molecule has 8 heteroatoms. The summed E-state index contributed by atoms with van der Waals surface area (Å²) in [5, 5.41) is 9.67. The Kier molecular flexibility index (Phi) is 6.38. The molecule has 0 saturated carbocycles. The molecule has 3 rings (SSSR count). The summed E-state index contributed by atoms with van der Waals surface area (Å²) in [6, 6.07) is 3.67. The normalized spacial score (nSPS) is 17.6. The van der Waals surface area contributed by atoms with Crippen LogP contribution in [0.3, 0.4) is 0 Å². The van der Waals surface area contributed by atoms with Crippen LogP contribution in [0.15, 0.2) is 23.1 Å². The number of carboxylic acids is 1. The fourth-order valence-corrected chi connectivity index (χ4v) is 3.74. The smallest absolute Gasteiger partial charge is 0.341 e. The second kappa shape index (κ2) is 8.19. The summed E-state index contributed by atoms with van der Waals surface area (Å²) in [6.45, 7) is 6.16. The van der Waals surface area contributed by atoms with Gasteiger partial charge in [0.05, 0.1) is 23.7 Å². The Morgan fingerprint density at radius 3 is 2.67 bits per heavy atom. The lowest BCUT2D eigenvalue weighted by Crippen LogP contribution is -2.30. The number of nitrogens with two attached hydrogens (primary N) is 1. The molecule has 2 atom stereocenters. The summed E-state index contributed by atoms with van der Waals surface area (Å²) >= 11 is 0. The number of carbonyl (C=O) groups is 1. The maximum Gasteiger partial charge on any atom is 0.341 e. The molecule has 1 aromatic heterocycles. The molecule has 0 unspecified atom stereocenters. The third-order valence-corrected chi connectivity index (χ3v) is 5.26. The van der Waals surface area contributed by atoms with E-state index in [1.165, 1.54) is 6.20 Å². The Labute approximate surface area is 164 Å². The zero-order valence-corrected chi connectivity index (χ0v) is 16.6. The highest BCUT2D eigenvalue weighted by Crippen LogP contribution is 2.38. The first-order chi connectivity index (χ1) is 12.4. The SMILES string of the molecule is CCn1cc(C(=O)O)c(=O)c2ccc(N3CC[C@@H]([C@@H](C)N)C3)c(OC)c21.Cl. The number of nitrogens with zero attached hydrogens (tertiary/aromatic N) is 2. The van der Waals surface area contributed by atoms with Gasteiger partial charge in [-0.15, -0.1) is 12.4 Å². The van der Waals surface area contributed by atoms with Crippen molar-refractivity contribution in [3.63, 3.8) is 0 Å². The van der Waals surface area contributed by atoms with Gasteiger partial charge in [0.15, 0.2) is 5.75 Å². The third kappa shape index (κ3) is 3.61. The van der Waals surface area contributed by atoms with Gasteiger partial charge in [-0.3, -0.25) is 4.79 Å². The molecule has 0 bridgehead atoms. The van der Waals surface area contributed by atoms with Crippen molar-refractivity contribution in [1.82, 2.24) is 4.57 Å². The molecular formula is C19H26ClN3O4. The Balaban J connectivity index is 0.00000261. The standard InChI is InChI=1S/C19H25N3O4.ClH/c1-4-21-10-14(19(24)25)17(23)13-5-6-15(18(26-3)16(13)21)22-8-7-12(9-22)11(2)20;/h5-6,10-12H,4,7-9,20H2,1-3H3,(H,24,25);1H/t11-,12-;/m1./s1. The van der Waals surface area contributed by atoms with Gasteiger partial charge in [0.1, 0.15) is 5.56 Å². The fraction of sp³-hybridized carbons (Fsp3) is 0.474. The van der Waals surface area contributed by atoms with Crippen molar-refractivity contribution >= 4 is 35.0 Å². The topological polar surface area (TPSA) is 97.8 Å². The Bertz CT molecular complexity index is 910. The average molecular weight is 396 g/mol. The summed E-state index contributed by atoms with van der Waals surface area (Å²) in [5.41, 5.74) is 6.87. The van der Waals surface area contributed by atoms with Crippen molar-refractivity contribution in [1.29, 1.82) is 0 Å². The predicted molar refractivity (Wildman–Crippen MR) is 109 cm³/mol. The first kappa shape index (κ1) is 21.1. The number of pyridine rings is 1. The zero-order valence-electron chi connectivity index (χ0n) is 15.8. The van der Waals surface area contributed by atoms with Crippen molar-refractivity contribution < 1.29 is 14.6 Å². The summed E-state index contributed by atoms with van der Waals surface area (Å²) < 4.78 is 7.45. The fourth-order valence-electron chi connectivity index (χ4n) is 3.74. The molecule has 148 valence electrons. The molecule has 0 amide bonds. The van der Waals surface area contributed by atoms with E-state index in [-0.39, 0.29) is 24.0 Å². The monoisotopic (exact) mass is 395 g/mol. The predicted octanol–water partition coefficient (Wildman–Crippen LogP) is 2.32. The number of aromatic nitrogens is 1. The van der Waals surface area contributed by atoms with E-state index in [4.69, 9.17) is 10.5 Å². The van der Waals surface area contributed by atoms with Crippen LogP contribution < -0.4 is 20.8 Å². The number of hydrogen-bond donors (Lipinski definition) is 2. The highest BCUT2D eigenvalue weighted by atomic mass is 35.5. The summed E-state index contributed by atoms with van der Waals surface area (Å²) in [6.07, 6.45) is 2.41. The molecule has 2 heterocycles. The van der Waals surface area contributed by atoms with Crippen LogP contribution in [0.2, 0.25) is 0 Å².